The van der Waals surface area contributed by atoms with Crippen LogP contribution in [-0.2, 0) is 0 Å². The smallest absolute Gasteiger partial charge is 0.166 e. The first-order chi connectivity index (χ1) is 6.86. The molecule has 72 valence electrons. The van der Waals surface area contributed by atoms with Gasteiger partial charge in [0.1, 0.15) is 0 Å². The fraction of sp³-hybridized carbons (Fsp3) is 0.308. The monoisotopic (exact) mass is 186 g/mol. The number of hydrogen-bond donors (Lipinski definition) is 0. The van der Waals surface area contributed by atoms with Crippen LogP contribution in [0.2, 0.25) is 0 Å². The molecule has 0 aliphatic heterocycles. The maximum atomic E-state index is 11.8. The summed E-state index contributed by atoms with van der Waals surface area (Å²) in [6, 6.07) is 9.54. The van der Waals surface area contributed by atoms with E-state index in [4.69, 9.17) is 0 Å². The second kappa shape index (κ2) is 4.23. The minimum atomic E-state index is 0.249. The van der Waals surface area contributed by atoms with E-state index in [-0.39, 0.29) is 5.78 Å². The fourth-order valence-electron chi connectivity index (χ4n) is 1.83. The molecule has 0 unspecified atom stereocenters. The predicted octanol–water partition coefficient (Wildman–Crippen LogP) is 3.37. The largest absolute Gasteiger partial charge is 0.294 e. The number of ketones is 1. The summed E-state index contributed by atoms with van der Waals surface area (Å²) in [6.07, 6.45) is 6.30. The number of Topliss-reactive ketones (excluding diaryl/α,β-unsaturated/α-hetero) is 1. The molecule has 1 nitrogen and oxygen atoms in total. The fourth-order valence-corrected chi connectivity index (χ4v) is 1.83. The lowest BCUT2D eigenvalue weighted by molar-refractivity contribution is 0.0992. The van der Waals surface area contributed by atoms with Gasteiger partial charge < -0.3 is 0 Å². The lowest BCUT2D eigenvalue weighted by Crippen LogP contribution is -1.99. The second-order valence-electron chi connectivity index (χ2n) is 3.72. The summed E-state index contributed by atoms with van der Waals surface area (Å²) in [6.45, 7) is 0. The molecule has 1 heteroatoms. The predicted molar refractivity (Wildman–Crippen MR) is 57.3 cm³/mol. The van der Waals surface area contributed by atoms with Crippen molar-refractivity contribution in [3.63, 3.8) is 0 Å². The Labute approximate surface area is 84.5 Å². The van der Waals surface area contributed by atoms with Crippen molar-refractivity contribution in [2.75, 3.05) is 0 Å². The van der Waals surface area contributed by atoms with Crippen LogP contribution < -0.4 is 0 Å². The summed E-state index contributed by atoms with van der Waals surface area (Å²) < 4.78 is 0. The first-order valence-corrected chi connectivity index (χ1v) is 5.12. The molecule has 14 heavy (non-hydrogen) atoms. The summed E-state index contributed by atoms with van der Waals surface area (Å²) in [5.74, 6) is 0.249. The van der Waals surface area contributed by atoms with Crippen molar-refractivity contribution in [1.82, 2.24) is 0 Å². The van der Waals surface area contributed by atoms with Gasteiger partial charge in [0.2, 0.25) is 0 Å². The molecule has 0 saturated carbocycles. The van der Waals surface area contributed by atoms with Crippen LogP contribution in [0.1, 0.15) is 36.0 Å². The van der Waals surface area contributed by atoms with Crippen LogP contribution in [0.15, 0.2) is 42.0 Å². The van der Waals surface area contributed by atoms with Crippen molar-refractivity contribution in [1.29, 1.82) is 0 Å². The van der Waals surface area contributed by atoms with Crippen molar-refractivity contribution in [2.45, 2.75) is 25.7 Å². The first kappa shape index (κ1) is 9.20. The average molecular weight is 186 g/mol. The third-order valence-corrected chi connectivity index (χ3v) is 2.62. The van der Waals surface area contributed by atoms with E-state index >= 15 is 0 Å². The third kappa shape index (κ3) is 2.11. The van der Waals surface area contributed by atoms with Gasteiger partial charge in [-0.3, -0.25) is 4.79 Å². The SMILES string of the molecule is O=C(CC1=CCCC1)c1ccccc1. The highest BCUT2D eigenvalue weighted by Gasteiger charge is 2.10. The molecule has 1 aromatic carbocycles. The molecular weight excluding hydrogens is 172 g/mol. The number of carbonyl (C=O) groups excluding carboxylic acids is 1. The molecular formula is C13H14O. The molecule has 0 bridgehead atoms. The highest BCUT2D eigenvalue weighted by Crippen LogP contribution is 2.22. The Morgan fingerprint density at radius 3 is 2.64 bits per heavy atom. The molecule has 0 amide bonds. The van der Waals surface area contributed by atoms with Crippen molar-refractivity contribution < 1.29 is 4.79 Å². The lowest BCUT2D eigenvalue weighted by atomic mass is 10.0. The number of benzene rings is 1. The van der Waals surface area contributed by atoms with Gasteiger partial charge in [-0.05, 0) is 19.3 Å². The molecule has 0 heterocycles. The molecule has 1 aliphatic rings. The summed E-state index contributed by atoms with van der Waals surface area (Å²) >= 11 is 0. The number of rotatable bonds is 3. The zero-order valence-electron chi connectivity index (χ0n) is 8.20. The van der Waals surface area contributed by atoms with Gasteiger partial charge in [-0.1, -0.05) is 42.0 Å². The van der Waals surface area contributed by atoms with Crippen LogP contribution in [-0.4, -0.2) is 5.78 Å². The van der Waals surface area contributed by atoms with Gasteiger partial charge in [0.25, 0.3) is 0 Å². The van der Waals surface area contributed by atoms with Gasteiger partial charge >= 0.3 is 0 Å². The van der Waals surface area contributed by atoms with Gasteiger partial charge in [-0.15, -0.1) is 0 Å². The molecule has 0 aromatic heterocycles. The molecule has 2 rings (SSSR count). The highest BCUT2D eigenvalue weighted by atomic mass is 16.1. The maximum Gasteiger partial charge on any atom is 0.166 e. The van der Waals surface area contributed by atoms with E-state index in [0.717, 1.165) is 18.4 Å². The Morgan fingerprint density at radius 2 is 2.00 bits per heavy atom. The van der Waals surface area contributed by atoms with Gasteiger partial charge in [-0.25, -0.2) is 0 Å². The van der Waals surface area contributed by atoms with Gasteiger partial charge in [0.15, 0.2) is 5.78 Å². The topological polar surface area (TPSA) is 17.1 Å². The van der Waals surface area contributed by atoms with Crippen LogP contribution >= 0.6 is 0 Å². The molecule has 1 aromatic rings. The number of allylic oxidation sites excluding steroid dienone is 2. The zero-order chi connectivity index (χ0) is 9.80. The minimum Gasteiger partial charge on any atom is -0.294 e. The summed E-state index contributed by atoms with van der Waals surface area (Å²) in [4.78, 5) is 11.8. The maximum absolute atomic E-state index is 11.8. The van der Waals surface area contributed by atoms with Crippen molar-refractivity contribution >= 4 is 5.78 Å². The standard InChI is InChI=1S/C13H14O/c14-13(10-11-6-4-5-7-11)12-8-2-1-3-9-12/h1-3,6,8-9H,4-5,7,10H2. The average Bonchev–Trinajstić information content (AvgIpc) is 2.72. The van der Waals surface area contributed by atoms with Crippen molar-refractivity contribution in [3.05, 3.63) is 47.5 Å². The van der Waals surface area contributed by atoms with Crippen LogP contribution in [0, 0.1) is 0 Å². The van der Waals surface area contributed by atoms with Crippen molar-refractivity contribution in [3.8, 4) is 0 Å². The van der Waals surface area contributed by atoms with E-state index in [9.17, 15) is 4.79 Å². The Bertz CT molecular complexity index is 349. The van der Waals surface area contributed by atoms with E-state index in [0.29, 0.717) is 6.42 Å². The number of hydrogen-bond acceptors (Lipinski definition) is 1. The van der Waals surface area contributed by atoms with Crippen LogP contribution in [0.4, 0.5) is 0 Å². The zero-order valence-corrected chi connectivity index (χ0v) is 8.20. The molecule has 0 fully saturated rings. The van der Waals surface area contributed by atoms with Gasteiger partial charge in [0.05, 0.1) is 0 Å². The van der Waals surface area contributed by atoms with E-state index < -0.39 is 0 Å². The van der Waals surface area contributed by atoms with Gasteiger partial charge in [-0.2, -0.15) is 0 Å². The highest BCUT2D eigenvalue weighted by molar-refractivity contribution is 5.97. The molecule has 1 aliphatic carbocycles. The summed E-state index contributed by atoms with van der Waals surface area (Å²) in [5.41, 5.74) is 2.15. The van der Waals surface area contributed by atoms with Crippen LogP contribution in [0.3, 0.4) is 0 Å². The molecule has 0 atom stereocenters. The Hall–Kier alpha value is -1.37. The van der Waals surface area contributed by atoms with Crippen LogP contribution in [0.25, 0.3) is 0 Å². The lowest BCUT2D eigenvalue weighted by Gasteiger charge is -2.01. The van der Waals surface area contributed by atoms with E-state index in [1.165, 1.54) is 12.0 Å². The molecule has 0 saturated heterocycles. The molecule has 0 radical (unpaired) electrons. The van der Waals surface area contributed by atoms with Gasteiger partial charge in [0, 0.05) is 12.0 Å². The Balaban J connectivity index is 2.03. The second-order valence-corrected chi connectivity index (χ2v) is 3.72. The van der Waals surface area contributed by atoms with E-state index in [1.807, 2.05) is 30.3 Å². The summed E-state index contributed by atoms with van der Waals surface area (Å²) in [5, 5.41) is 0. The first-order valence-electron chi connectivity index (χ1n) is 5.12. The quantitative estimate of drug-likeness (QED) is 0.522. The Kier molecular flexibility index (Phi) is 2.78. The molecule has 0 N–H and O–H groups in total. The van der Waals surface area contributed by atoms with Crippen LogP contribution in [0.5, 0.6) is 0 Å². The number of carbonyl (C=O) groups is 1. The van der Waals surface area contributed by atoms with Crippen molar-refractivity contribution in [2.24, 2.45) is 0 Å². The summed E-state index contributed by atoms with van der Waals surface area (Å²) in [7, 11) is 0. The molecule has 0 spiro atoms. The van der Waals surface area contributed by atoms with E-state index in [1.54, 1.807) is 0 Å². The Morgan fingerprint density at radius 1 is 1.21 bits per heavy atom. The third-order valence-electron chi connectivity index (χ3n) is 2.62. The minimum absolute atomic E-state index is 0.249. The van der Waals surface area contributed by atoms with E-state index in [2.05, 4.69) is 6.08 Å². The normalized spacial score (nSPS) is 15.3.